The molecule has 0 radical (unpaired) electrons. The van der Waals surface area contributed by atoms with E-state index in [0.717, 1.165) is 29.5 Å². The third-order valence-corrected chi connectivity index (χ3v) is 3.39. The molecule has 1 N–H and O–H groups in total. The number of hydrogen-bond acceptors (Lipinski definition) is 3. The Morgan fingerprint density at radius 3 is 2.58 bits per heavy atom. The molecule has 1 rings (SSSR count). The third-order valence-electron chi connectivity index (χ3n) is 3.05. The lowest BCUT2D eigenvalue weighted by Crippen LogP contribution is -2.23. The fraction of sp³-hybridized carbons (Fsp3) is 0.667. The maximum Gasteiger partial charge on any atom is 0.128 e. The van der Waals surface area contributed by atoms with Gasteiger partial charge in [-0.25, -0.2) is 4.98 Å². The Bertz CT molecular complexity index is 391. The Labute approximate surface area is 122 Å². The van der Waals surface area contributed by atoms with Crippen LogP contribution in [0.4, 0.5) is 5.82 Å². The van der Waals surface area contributed by atoms with Gasteiger partial charge in [0.25, 0.3) is 0 Å². The van der Waals surface area contributed by atoms with Gasteiger partial charge in [-0.1, -0.05) is 39.3 Å². The van der Waals surface area contributed by atoms with Crippen LogP contribution in [-0.2, 0) is 6.54 Å². The molecular weight excluding hydrogens is 258 g/mol. The lowest BCUT2D eigenvalue weighted by molar-refractivity contribution is 0.581. The Morgan fingerprint density at radius 2 is 2.00 bits per heavy atom. The van der Waals surface area contributed by atoms with E-state index in [0.29, 0.717) is 12.0 Å². The average Bonchev–Trinajstić information content (AvgIpc) is 2.34. The van der Waals surface area contributed by atoms with Gasteiger partial charge >= 0.3 is 0 Å². The maximum atomic E-state index is 6.19. The van der Waals surface area contributed by atoms with Gasteiger partial charge in [0.15, 0.2) is 0 Å². The standard InChI is InChI=1S/C15H26ClN3/c1-11(2)6-7-19(5)15-8-13(9-17-12(3)4)14(16)10-18-15/h8,10-12,17H,6-7,9H2,1-5H3. The van der Waals surface area contributed by atoms with Crippen LogP contribution in [0, 0.1) is 5.92 Å². The fourth-order valence-electron chi connectivity index (χ4n) is 1.69. The fourth-order valence-corrected chi connectivity index (χ4v) is 1.86. The van der Waals surface area contributed by atoms with Crippen LogP contribution in [0.1, 0.15) is 39.7 Å². The predicted octanol–water partition coefficient (Wildman–Crippen LogP) is 3.72. The molecule has 0 aromatic carbocycles. The van der Waals surface area contributed by atoms with Crippen molar-refractivity contribution in [3.8, 4) is 0 Å². The number of aromatic nitrogens is 1. The van der Waals surface area contributed by atoms with Crippen molar-refractivity contribution in [1.82, 2.24) is 10.3 Å². The van der Waals surface area contributed by atoms with Gasteiger partial charge in [-0.05, 0) is 24.0 Å². The minimum absolute atomic E-state index is 0.450. The summed E-state index contributed by atoms with van der Waals surface area (Å²) < 4.78 is 0. The van der Waals surface area contributed by atoms with Crippen molar-refractivity contribution in [2.24, 2.45) is 5.92 Å². The van der Waals surface area contributed by atoms with Crippen LogP contribution >= 0.6 is 11.6 Å². The maximum absolute atomic E-state index is 6.19. The topological polar surface area (TPSA) is 28.2 Å². The van der Waals surface area contributed by atoms with E-state index in [-0.39, 0.29) is 0 Å². The number of nitrogens with one attached hydrogen (secondary N) is 1. The SMILES string of the molecule is CC(C)CCN(C)c1cc(CNC(C)C)c(Cl)cn1. The van der Waals surface area contributed by atoms with Crippen LogP contribution in [0.3, 0.4) is 0 Å². The number of nitrogens with zero attached hydrogens (tertiary/aromatic N) is 2. The van der Waals surface area contributed by atoms with Gasteiger partial charge in [-0.3, -0.25) is 0 Å². The molecule has 1 aromatic heterocycles. The zero-order valence-electron chi connectivity index (χ0n) is 12.7. The molecule has 0 saturated carbocycles. The zero-order chi connectivity index (χ0) is 14.4. The molecule has 0 aliphatic heterocycles. The smallest absolute Gasteiger partial charge is 0.128 e. The monoisotopic (exact) mass is 283 g/mol. The number of pyridine rings is 1. The van der Waals surface area contributed by atoms with E-state index >= 15 is 0 Å². The first-order chi connectivity index (χ1) is 8.90. The highest BCUT2D eigenvalue weighted by Gasteiger charge is 2.08. The lowest BCUT2D eigenvalue weighted by atomic mass is 10.1. The largest absolute Gasteiger partial charge is 0.360 e. The summed E-state index contributed by atoms with van der Waals surface area (Å²) >= 11 is 6.19. The molecule has 1 aromatic rings. The van der Waals surface area contributed by atoms with Gasteiger partial charge in [0.1, 0.15) is 5.82 Å². The highest BCUT2D eigenvalue weighted by atomic mass is 35.5. The average molecular weight is 284 g/mol. The predicted molar refractivity (Wildman–Crippen MR) is 83.9 cm³/mol. The Hall–Kier alpha value is -0.800. The van der Waals surface area contributed by atoms with Crippen molar-refractivity contribution in [2.75, 3.05) is 18.5 Å². The molecule has 0 amide bonds. The molecule has 0 aliphatic carbocycles. The Balaban J connectivity index is 2.71. The minimum Gasteiger partial charge on any atom is -0.360 e. The molecule has 0 fully saturated rings. The van der Waals surface area contributed by atoms with Crippen molar-refractivity contribution < 1.29 is 0 Å². The molecule has 0 unspecified atom stereocenters. The van der Waals surface area contributed by atoms with E-state index in [9.17, 15) is 0 Å². The molecule has 3 nitrogen and oxygen atoms in total. The van der Waals surface area contributed by atoms with Crippen molar-refractivity contribution in [2.45, 2.75) is 46.7 Å². The molecule has 108 valence electrons. The van der Waals surface area contributed by atoms with E-state index < -0.39 is 0 Å². The van der Waals surface area contributed by atoms with E-state index in [2.05, 4.69) is 56.0 Å². The van der Waals surface area contributed by atoms with Gasteiger partial charge in [0.2, 0.25) is 0 Å². The second kappa shape index (κ2) is 7.71. The Morgan fingerprint density at radius 1 is 1.32 bits per heavy atom. The first kappa shape index (κ1) is 16.3. The Kier molecular flexibility index (Phi) is 6.59. The summed E-state index contributed by atoms with van der Waals surface area (Å²) in [4.78, 5) is 6.60. The van der Waals surface area contributed by atoms with Gasteiger partial charge in [0.05, 0.1) is 5.02 Å². The molecule has 4 heteroatoms. The molecule has 0 aliphatic rings. The number of rotatable bonds is 7. The van der Waals surface area contributed by atoms with E-state index in [1.54, 1.807) is 6.20 Å². The van der Waals surface area contributed by atoms with Crippen LogP contribution in [0.25, 0.3) is 0 Å². The van der Waals surface area contributed by atoms with Crippen LogP contribution < -0.4 is 10.2 Å². The molecule has 0 bridgehead atoms. The molecule has 0 spiro atoms. The molecular formula is C15H26ClN3. The summed E-state index contributed by atoms with van der Waals surface area (Å²) in [6.45, 7) is 10.5. The van der Waals surface area contributed by atoms with Crippen molar-refractivity contribution >= 4 is 17.4 Å². The first-order valence-corrected chi connectivity index (χ1v) is 7.37. The van der Waals surface area contributed by atoms with Gasteiger partial charge < -0.3 is 10.2 Å². The van der Waals surface area contributed by atoms with Crippen LogP contribution in [0.15, 0.2) is 12.3 Å². The first-order valence-electron chi connectivity index (χ1n) is 6.99. The molecule has 1 heterocycles. The van der Waals surface area contributed by atoms with Gasteiger partial charge in [0, 0.05) is 32.4 Å². The summed E-state index contributed by atoms with van der Waals surface area (Å²) in [5.41, 5.74) is 1.11. The van der Waals surface area contributed by atoms with Crippen molar-refractivity contribution in [3.05, 3.63) is 22.8 Å². The summed E-state index contributed by atoms with van der Waals surface area (Å²) in [5.74, 6) is 1.70. The van der Waals surface area contributed by atoms with Gasteiger partial charge in [-0.15, -0.1) is 0 Å². The van der Waals surface area contributed by atoms with E-state index in [4.69, 9.17) is 11.6 Å². The number of halogens is 1. The second-order valence-corrected chi connectivity index (χ2v) is 6.18. The molecule has 19 heavy (non-hydrogen) atoms. The van der Waals surface area contributed by atoms with E-state index in [1.807, 2.05) is 0 Å². The molecule has 0 saturated heterocycles. The van der Waals surface area contributed by atoms with Crippen LogP contribution in [0.2, 0.25) is 5.02 Å². The number of hydrogen-bond donors (Lipinski definition) is 1. The summed E-state index contributed by atoms with van der Waals surface area (Å²) in [6, 6.07) is 2.53. The second-order valence-electron chi connectivity index (χ2n) is 5.77. The van der Waals surface area contributed by atoms with Crippen molar-refractivity contribution in [3.63, 3.8) is 0 Å². The van der Waals surface area contributed by atoms with Crippen LogP contribution in [0.5, 0.6) is 0 Å². The normalized spacial score (nSPS) is 11.4. The zero-order valence-corrected chi connectivity index (χ0v) is 13.5. The highest BCUT2D eigenvalue weighted by molar-refractivity contribution is 6.31. The lowest BCUT2D eigenvalue weighted by Gasteiger charge is -2.20. The molecule has 0 atom stereocenters. The van der Waals surface area contributed by atoms with E-state index in [1.165, 1.54) is 6.42 Å². The van der Waals surface area contributed by atoms with Gasteiger partial charge in [-0.2, -0.15) is 0 Å². The van der Waals surface area contributed by atoms with Crippen molar-refractivity contribution in [1.29, 1.82) is 0 Å². The summed E-state index contributed by atoms with van der Waals surface area (Å²) in [7, 11) is 2.08. The highest BCUT2D eigenvalue weighted by Crippen LogP contribution is 2.20. The minimum atomic E-state index is 0.450. The van der Waals surface area contributed by atoms with Crippen LogP contribution in [-0.4, -0.2) is 24.6 Å². The quantitative estimate of drug-likeness (QED) is 0.827. The summed E-state index contributed by atoms with van der Waals surface area (Å²) in [5, 5.41) is 4.12. The summed E-state index contributed by atoms with van der Waals surface area (Å²) in [6.07, 6.45) is 2.92. The number of anilines is 1. The third kappa shape index (κ3) is 5.79.